The van der Waals surface area contributed by atoms with Crippen molar-refractivity contribution in [3.63, 3.8) is 0 Å². The van der Waals surface area contributed by atoms with Crippen molar-refractivity contribution in [3.05, 3.63) is 29.3 Å². The number of thiol groups is 1. The highest BCUT2D eigenvalue weighted by atomic mass is 32.1. The predicted octanol–water partition coefficient (Wildman–Crippen LogP) is 7.01. The molecule has 0 aromatic heterocycles. The molecule has 1 aromatic carbocycles. The number of hydrogen-bond donors (Lipinski definition) is 1. The molecule has 0 bridgehead atoms. The molecule has 0 N–H and O–H groups in total. The van der Waals surface area contributed by atoms with E-state index in [1.54, 1.807) is 12.1 Å². The van der Waals surface area contributed by atoms with Gasteiger partial charge in [-0.15, -0.1) is 0 Å². The molecule has 2 aliphatic rings. The number of halogens is 2. The fourth-order valence-corrected chi connectivity index (χ4v) is 5.45. The van der Waals surface area contributed by atoms with Crippen molar-refractivity contribution < 1.29 is 13.5 Å². The van der Waals surface area contributed by atoms with Gasteiger partial charge in [0.2, 0.25) is 5.82 Å². The smallest absolute Gasteiger partial charge is 0.200 e. The van der Waals surface area contributed by atoms with Crippen LogP contribution in [0.15, 0.2) is 12.1 Å². The molecular formula is C23H34F2OS. The third kappa shape index (κ3) is 4.99. The van der Waals surface area contributed by atoms with Crippen LogP contribution >= 0.6 is 12.6 Å². The van der Waals surface area contributed by atoms with Gasteiger partial charge in [-0.05, 0) is 73.3 Å². The lowest BCUT2D eigenvalue weighted by atomic mass is 9.69. The molecule has 0 spiro atoms. The van der Waals surface area contributed by atoms with E-state index in [1.807, 2.05) is 0 Å². The minimum atomic E-state index is -0.845. The molecule has 3 atom stereocenters. The van der Waals surface area contributed by atoms with Gasteiger partial charge in [0.1, 0.15) is 0 Å². The SMILES string of the molecule is C[C@@H]1CCC(C2CCC(c3ccc(OCCS)c(F)c3F)CC2)[C@H](C)CC1. The maximum atomic E-state index is 14.6. The lowest BCUT2D eigenvalue weighted by molar-refractivity contribution is 0.167. The van der Waals surface area contributed by atoms with Gasteiger partial charge in [-0.25, -0.2) is 4.39 Å². The zero-order valence-electron chi connectivity index (χ0n) is 16.7. The molecule has 0 aliphatic heterocycles. The Labute approximate surface area is 168 Å². The highest BCUT2D eigenvalue weighted by Gasteiger charge is 2.34. The van der Waals surface area contributed by atoms with Gasteiger partial charge in [0.25, 0.3) is 0 Å². The maximum Gasteiger partial charge on any atom is 0.200 e. The molecule has 0 saturated heterocycles. The Bertz CT molecular complexity index is 613. The van der Waals surface area contributed by atoms with E-state index in [2.05, 4.69) is 26.5 Å². The van der Waals surface area contributed by atoms with Crippen LogP contribution in [0, 0.1) is 35.3 Å². The maximum absolute atomic E-state index is 14.6. The van der Waals surface area contributed by atoms with Crippen LogP contribution in [0.1, 0.15) is 76.7 Å². The summed E-state index contributed by atoms with van der Waals surface area (Å²) in [5, 5.41) is 0. The van der Waals surface area contributed by atoms with Gasteiger partial charge < -0.3 is 4.74 Å². The first-order valence-electron chi connectivity index (χ1n) is 10.7. The molecule has 152 valence electrons. The summed E-state index contributed by atoms with van der Waals surface area (Å²) in [5.41, 5.74) is 0.534. The monoisotopic (exact) mass is 396 g/mol. The second-order valence-electron chi connectivity index (χ2n) is 8.87. The lowest BCUT2D eigenvalue weighted by Gasteiger charge is -2.36. The van der Waals surface area contributed by atoms with E-state index in [9.17, 15) is 8.78 Å². The first-order valence-corrected chi connectivity index (χ1v) is 11.4. The van der Waals surface area contributed by atoms with Gasteiger partial charge in [0.15, 0.2) is 11.6 Å². The van der Waals surface area contributed by atoms with Crippen LogP contribution in [0.2, 0.25) is 0 Å². The molecule has 2 saturated carbocycles. The van der Waals surface area contributed by atoms with E-state index in [0.717, 1.165) is 49.4 Å². The minimum absolute atomic E-state index is 0.000358. The highest BCUT2D eigenvalue weighted by molar-refractivity contribution is 7.80. The summed E-state index contributed by atoms with van der Waals surface area (Å²) in [7, 11) is 0. The van der Waals surface area contributed by atoms with Crippen LogP contribution in [0.5, 0.6) is 5.75 Å². The number of benzene rings is 1. The van der Waals surface area contributed by atoms with Gasteiger partial charge in [0.05, 0.1) is 6.61 Å². The Kier molecular flexibility index (Phi) is 7.47. The Balaban J connectivity index is 1.63. The summed E-state index contributed by atoms with van der Waals surface area (Å²) in [5.74, 6) is 2.28. The van der Waals surface area contributed by atoms with E-state index in [0.29, 0.717) is 11.3 Å². The quantitative estimate of drug-likeness (QED) is 0.416. The van der Waals surface area contributed by atoms with Crippen LogP contribution in [0.25, 0.3) is 0 Å². The van der Waals surface area contributed by atoms with Crippen molar-refractivity contribution >= 4 is 12.6 Å². The summed E-state index contributed by atoms with van der Waals surface area (Å²) in [6.07, 6.45) is 9.63. The van der Waals surface area contributed by atoms with E-state index < -0.39 is 11.6 Å². The number of rotatable bonds is 5. The van der Waals surface area contributed by atoms with Gasteiger partial charge in [-0.1, -0.05) is 39.2 Å². The zero-order valence-corrected chi connectivity index (χ0v) is 17.6. The second-order valence-corrected chi connectivity index (χ2v) is 9.31. The summed E-state index contributed by atoms with van der Waals surface area (Å²) < 4.78 is 34.2. The Hall–Kier alpha value is -0.770. The van der Waals surface area contributed by atoms with Crippen molar-refractivity contribution in [1.82, 2.24) is 0 Å². The van der Waals surface area contributed by atoms with Gasteiger partial charge in [-0.3, -0.25) is 0 Å². The topological polar surface area (TPSA) is 9.23 Å². The highest BCUT2D eigenvalue weighted by Crippen LogP contribution is 2.45. The molecule has 0 heterocycles. The normalized spacial score (nSPS) is 32.1. The summed E-state index contributed by atoms with van der Waals surface area (Å²) in [4.78, 5) is 0. The van der Waals surface area contributed by atoms with Crippen molar-refractivity contribution in [2.45, 2.75) is 71.1 Å². The summed E-state index contributed by atoms with van der Waals surface area (Å²) >= 11 is 4.04. The fraction of sp³-hybridized carbons (Fsp3) is 0.739. The molecule has 4 heteroatoms. The lowest BCUT2D eigenvalue weighted by Crippen LogP contribution is -2.25. The number of hydrogen-bond acceptors (Lipinski definition) is 2. The van der Waals surface area contributed by atoms with Crippen LogP contribution in [0.3, 0.4) is 0 Å². The molecule has 1 unspecified atom stereocenters. The van der Waals surface area contributed by atoms with Gasteiger partial charge in [-0.2, -0.15) is 17.0 Å². The molecule has 2 aliphatic carbocycles. The molecule has 2 fully saturated rings. The van der Waals surface area contributed by atoms with Crippen molar-refractivity contribution in [2.75, 3.05) is 12.4 Å². The third-order valence-corrected chi connectivity index (χ3v) is 7.26. The third-order valence-electron chi connectivity index (χ3n) is 7.08. The van der Waals surface area contributed by atoms with Crippen LogP contribution < -0.4 is 4.74 Å². The minimum Gasteiger partial charge on any atom is -0.490 e. The van der Waals surface area contributed by atoms with E-state index in [1.165, 1.54) is 25.7 Å². The summed E-state index contributed by atoms with van der Waals surface area (Å²) in [6.45, 7) is 5.09. The standard InChI is InChI=1S/C23H34F2OS/c1-15-3-5-16(2)19(10-4-15)17-6-8-18(9-7-17)20-11-12-21(26-13-14-27)23(25)22(20)24/h11-12,15-19,27H,3-10,13-14H2,1-2H3/t15-,16+,17?,18?,19?/m0/s1. The van der Waals surface area contributed by atoms with Crippen molar-refractivity contribution in [1.29, 1.82) is 0 Å². The largest absolute Gasteiger partial charge is 0.490 e. The molecule has 27 heavy (non-hydrogen) atoms. The number of ether oxygens (including phenoxy) is 1. The zero-order chi connectivity index (χ0) is 19.4. The average molecular weight is 397 g/mol. The molecule has 0 radical (unpaired) electrons. The fourth-order valence-electron chi connectivity index (χ4n) is 5.36. The van der Waals surface area contributed by atoms with Crippen LogP contribution in [-0.4, -0.2) is 12.4 Å². The Morgan fingerprint density at radius 1 is 0.926 bits per heavy atom. The van der Waals surface area contributed by atoms with Crippen LogP contribution in [0.4, 0.5) is 8.78 Å². The van der Waals surface area contributed by atoms with E-state index >= 15 is 0 Å². The van der Waals surface area contributed by atoms with E-state index in [-0.39, 0.29) is 18.3 Å². The van der Waals surface area contributed by atoms with Crippen molar-refractivity contribution in [2.24, 2.45) is 23.7 Å². The molecule has 0 amide bonds. The van der Waals surface area contributed by atoms with E-state index in [4.69, 9.17) is 4.74 Å². The average Bonchev–Trinajstić information content (AvgIpc) is 2.84. The first-order chi connectivity index (χ1) is 13.0. The first kappa shape index (κ1) is 21.0. The second kappa shape index (κ2) is 9.62. The Morgan fingerprint density at radius 3 is 2.33 bits per heavy atom. The predicted molar refractivity (Wildman–Crippen MR) is 111 cm³/mol. The molecule has 3 rings (SSSR count). The molecule has 1 nitrogen and oxygen atoms in total. The Morgan fingerprint density at radius 2 is 1.63 bits per heavy atom. The summed E-state index contributed by atoms with van der Waals surface area (Å²) in [6, 6.07) is 3.31. The van der Waals surface area contributed by atoms with Gasteiger partial charge >= 0.3 is 0 Å². The van der Waals surface area contributed by atoms with Crippen molar-refractivity contribution in [3.8, 4) is 5.75 Å². The molecule has 1 aromatic rings. The van der Waals surface area contributed by atoms with Gasteiger partial charge in [0, 0.05) is 5.75 Å². The van der Waals surface area contributed by atoms with Crippen LogP contribution in [-0.2, 0) is 0 Å². The molecular weight excluding hydrogens is 362 g/mol.